The van der Waals surface area contributed by atoms with Gasteiger partial charge in [0.05, 0.1) is 6.42 Å². The zero-order valence-corrected chi connectivity index (χ0v) is 40.9. The van der Waals surface area contributed by atoms with Gasteiger partial charge in [0.25, 0.3) is 0 Å². The van der Waals surface area contributed by atoms with Gasteiger partial charge in [-0.3, -0.25) is 14.4 Å². The Morgan fingerprint density at radius 1 is 0.338 bits per heavy atom. The second-order valence-electron chi connectivity index (χ2n) is 15.8. The van der Waals surface area contributed by atoms with Crippen LogP contribution in [0.1, 0.15) is 175 Å². The Kier molecular flexibility index (Phi) is 47.7. The average Bonchev–Trinajstić information content (AvgIpc) is 3.30. The number of ether oxygens (including phenoxy) is 3. The molecule has 0 N–H and O–H groups in total. The molecule has 360 valence electrons. The number of unbranched alkanes of at least 4 members (excludes halogenated alkanes) is 12. The van der Waals surface area contributed by atoms with Gasteiger partial charge in [-0.1, -0.05) is 230 Å². The minimum Gasteiger partial charge on any atom is -0.462 e. The SMILES string of the molecule is CC\C=C/C=C\C=C/C=C\C=C\C=C/C=C\CCCCCC(=O)OCC(COC(=O)C/C=C\C/C=C\C/C=C\CC)OC(=O)CCCCCCCCCCC/C=C\C/C=C\C/C=C\CC. The van der Waals surface area contributed by atoms with Gasteiger partial charge in [0.1, 0.15) is 13.2 Å². The maximum absolute atomic E-state index is 12.8. The van der Waals surface area contributed by atoms with E-state index >= 15 is 0 Å². The Morgan fingerprint density at radius 2 is 0.692 bits per heavy atom. The molecule has 1 unspecified atom stereocenters. The zero-order valence-electron chi connectivity index (χ0n) is 40.9. The molecule has 0 aliphatic heterocycles. The predicted octanol–water partition coefficient (Wildman–Crippen LogP) is 16.6. The van der Waals surface area contributed by atoms with E-state index < -0.39 is 12.1 Å². The fourth-order valence-corrected chi connectivity index (χ4v) is 6.09. The van der Waals surface area contributed by atoms with Gasteiger partial charge >= 0.3 is 17.9 Å². The van der Waals surface area contributed by atoms with Crippen LogP contribution in [0.5, 0.6) is 0 Å². The lowest BCUT2D eigenvalue weighted by Crippen LogP contribution is -2.30. The van der Waals surface area contributed by atoms with E-state index in [1.165, 1.54) is 38.5 Å². The highest BCUT2D eigenvalue weighted by molar-refractivity contribution is 5.72. The topological polar surface area (TPSA) is 78.9 Å². The van der Waals surface area contributed by atoms with E-state index in [-0.39, 0.29) is 44.4 Å². The maximum Gasteiger partial charge on any atom is 0.309 e. The van der Waals surface area contributed by atoms with E-state index in [1.807, 2.05) is 79.0 Å². The Hall–Kier alpha value is -4.97. The van der Waals surface area contributed by atoms with Crippen molar-refractivity contribution in [2.24, 2.45) is 0 Å². The molecule has 0 spiro atoms. The van der Waals surface area contributed by atoms with Crippen LogP contribution in [0, 0.1) is 0 Å². The van der Waals surface area contributed by atoms with Crippen molar-refractivity contribution in [2.75, 3.05) is 13.2 Å². The lowest BCUT2D eigenvalue weighted by molar-refractivity contribution is -0.166. The summed E-state index contributed by atoms with van der Waals surface area (Å²) in [6.45, 7) is 6.09. The number of hydrogen-bond acceptors (Lipinski definition) is 6. The van der Waals surface area contributed by atoms with Crippen LogP contribution in [0.25, 0.3) is 0 Å². The van der Waals surface area contributed by atoms with Crippen molar-refractivity contribution in [1.29, 1.82) is 0 Å². The molecular weight excluding hydrogens is 805 g/mol. The highest BCUT2D eigenvalue weighted by atomic mass is 16.6. The fraction of sp³-hybridized carbons (Fsp3) is 0.508. The van der Waals surface area contributed by atoms with Gasteiger partial charge in [-0.15, -0.1) is 0 Å². The summed E-state index contributed by atoms with van der Waals surface area (Å²) in [7, 11) is 0. The van der Waals surface area contributed by atoms with Crippen molar-refractivity contribution in [1.82, 2.24) is 0 Å². The first-order valence-electron chi connectivity index (χ1n) is 25.1. The molecule has 0 aromatic rings. The van der Waals surface area contributed by atoms with Gasteiger partial charge in [-0.05, 0) is 83.5 Å². The van der Waals surface area contributed by atoms with Gasteiger partial charge in [0.15, 0.2) is 6.10 Å². The second kappa shape index (κ2) is 51.7. The van der Waals surface area contributed by atoms with Crippen LogP contribution in [-0.2, 0) is 28.6 Å². The minimum atomic E-state index is -0.843. The Morgan fingerprint density at radius 3 is 1.20 bits per heavy atom. The predicted molar refractivity (Wildman–Crippen MR) is 278 cm³/mol. The summed E-state index contributed by atoms with van der Waals surface area (Å²) in [4.78, 5) is 37.8. The Labute approximate surface area is 397 Å². The third kappa shape index (κ3) is 49.9. The molecule has 0 saturated carbocycles. The highest BCUT2D eigenvalue weighted by Gasteiger charge is 2.19. The fourth-order valence-electron chi connectivity index (χ4n) is 6.09. The van der Waals surface area contributed by atoms with Gasteiger partial charge < -0.3 is 14.2 Å². The molecule has 0 aliphatic rings. The quantitative estimate of drug-likeness (QED) is 0.0200. The Bertz CT molecular complexity index is 1540. The molecule has 1 atom stereocenters. The summed E-state index contributed by atoms with van der Waals surface area (Å²) in [5, 5.41) is 0. The average molecular weight is 893 g/mol. The number of rotatable bonds is 42. The van der Waals surface area contributed by atoms with Crippen LogP contribution in [0.15, 0.2) is 158 Å². The van der Waals surface area contributed by atoms with E-state index in [0.29, 0.717) is 6.42 Å². The standard InChI is InChI=1S/C59H88O6/c1-4-7-10-13-16-19-21-23-25-27-29-31-33-35-37-40-43-46-49-52-58(61)64-55-56(54-63-57(60)51-48-45-42-39-18-15-12-9-6-3)65-59(62)53-50-47-44-41-38-36-34-32-30-28-26-24-22-20-17-14-11-8-5-2/h7-13,16-21,23-27,29,31,33,35,37,39,45,48,56H,4-6,14-15,22,28,30,32,34,36,38,40-44,46-47,49-55H2,1-3H3/b10-7-,11-8-,12-9-,16-13-,20-17-,21-19-,25-23-,26-24-,29-27+,33-31-,37-35-,39-18-,48-45-. The van der Waals surface area contributed by atoms with Crippen LogP contribution in [-0.4, -0.2) is 37.2 Å². The molecule has 0 rings (SSSR count). The second-order valence-corrected chi connectivity index (χ2v) is 15.8. The van der Waals surface area contributed by atoms with Crippen LogP contribution in [0.3, 0.4) is 0 Å². The summed E-state index contributed by atoms with van der Waals surface area (Å²) in [6, 6.07) is 0. The van der Waals surface area contributed by atoms with E-state index in [2.05, 4.69) is 93.7 Å². The van der Waals surface area contributed by atoms with Gasteiger partial charge in [-0.25, -0.2) is 0 Å². The molecule has 0 bridgehead atoms. The first-order valence-corrected chi connectivity index (χ1v) is 25.1. The lowest BCUT2D eigenvalue weighted by atomic mass is 10.1. The molecule has 65 heavy (non-hydrogen) atoms. The molecule has 0 fully saturated rings. The first kappa shape index (κ1) is 60.0. The van der Waals surface area contributed by atoms with Crippen LogP contribution < -0.4 is 0 Å². The number of hydrogen-bond donors (Lipinski definition) is 0. The van der Waals surface area contributed by atoms with Crippen molar-refractivity contribution in [3.63, 3.8) is 0 Å². The highest BCUT2D eigenvalue weighted by Crippen LogP contribution is 2.13. The molecule has 0 aromatic heterocycles. The molecule has 0 aromatic carbocycles. The molecule has 0 amide bonds. The van der Waals surface area contributed by atoms with Crippen molar-refractivity contribution in [3.05, 3.63) is 158 Å². The first-order chi connectivity index (χ1) is 32.0. The van der Waals surface area contributed by atoms with E-state index in [0.717, 1.165) is 89.9 Å². The van der Waals surface area contributed by atoms with Crippen LogP contribution in [0.2, 0.25) is 0 Å². The molecular formula is C59H88O6. The molecule has 6 heteroatoms. The molecule has 0 saturated heterocycles. The van der Waals surface area contributed by atoms with Crippen LogP contribution >= 0.6 is 0 Å². The number of carbonyl (C=O) groups is 3. The summed E-state index contributed by atoms with van der Waals surface area (Å²) in [6.07, 6.45) is 75.4. The summed E-state index contributed by atoms with van der Waals surface area (Å²) < 4.78 is 16.6. The number of allylic oxidation sites excluding steroid dienone is 25. The Balaban J connectivity index is 4.51. The normalized spacial score (nSPS) is 13.5. The van der Waals surface area contributed by atoms with E-state index in [1.54, 1.807) is 6.08 Å². The van der Waals surface area contributed by atoms with Crippen molar-refractivity contribution < 1.29 is 28.6 Å². The summed E-state index contributed by atoms with van der Waals surface area (Å²) >= 11 is 0. The number of esters is 3. The van der Waals surface area contributed by atoms with Crippen molar-refractivity contribution in [3.8, 4) is 0 Å². The van der Waals surface area contributed by atoms with Crippen LogP contribution in [0.4, 0.5) is 0 Å². The number of carbonyl (C=O) groups excluding carboxylic acids is 3. The van der Waals surface area contributed by atoms with E-state index in [9.17, 15) is 14.4 Å². The molecule has 0 heterocycles. The largest absolute Gasteiger partial charge is 0.462 e. The third-order valence-corrected chi connectivity index (χ3v) is 9.74. The third-order valence-electron chi connectivity index (χ3n) is 9.74. The molecule has 6 nitrogen and oxygen atoms in total. The minimum absolute atomic E-state index is 0.117. The zero-order chi connectivity index (χ0) is 47.2. The van der Waals surface area contributed by atoms with Gasteiger partial charge in [-0.2, -0.15) is 0 Å². The van der Waals surface area contributed by atoms with Crippen molar-refractivity contribution >= 4 is 17.9 Å². The van der Waals surface area contributed by atoms with Gasteiger partial charge in [0.2, 0.25) is 0 Å². The summed E-state index contributed by atoms with van der Waals surface area (Å²) in [5.74, 6) is -1.13. The molecule has 0 aliphatic carbocycles. The van der Waals surface area contributed by atoms with E-state index in [4.69, 9.17) is 14.2 Å². The summed E-state index contributed by atoms with van der Waals surface area (Å²) in [5.41, 5.74) is 0. The monoisotopic (exact) mass is 893 g/mol. The maximum atomic E-state index is 12.8. The molecule has 0 radical (unpaired) electrons. The van der Waals surface area contributed by atoms with Crippen molar-refractivity contribution in [2.45, 2.75) is 181 Å². The van der Waals surface area contributed by atoms with Gasteiger partial charge in [0, 0.05) is 12.8 Å². The lowest BCUT2D eigenvalue weighted by Gasteiger charge is -2.18. The smallest absolute Gasteiger partial charge is 0.309 e.